The molecule has 0 aliphatic rings. The van der Waals surface area contributed by atoms with E-state index in [1.54, 1.807) is 0 Å². The van der Waals surface area contributed by atoms with E-state index in [2.05, 4.69) is 42.1 Å². The molecule has 0 heterocycles. The van der Waals surface area contributed by atoms with Crippen molar-refractivity contribution < 1.29 is 26.3 Å². The van der Waals surface area contributed by atoms with E-state index in [0.717, 1.165) is 0 Å². The molecular weight excluding hydrogens is 446 g/mol. The van der Waals surface area contributed by atoms with Crippen LogP contribution in [0.2, 0.25) is 0 Å². The summed E-state index contributed by atoms with van der Waals surface area (Å²) in [7, 11) is 0. The van der Waals surface area contributed by atoms with E-state index in [9.17, 15) is 26.3 Å². The minimum atomic E-state index is -1.47. The van der Waals surface area contributed by atoms with Crippen molar-refractivity contribution in [2.75, 3.05) is 0 Å². The predicted molar refractivity (Wildman–Crippen MR) is 72.2 cm³/mol. The van der Waals surface area contributed by atoms with Crippen LogP contribution in [-0.2, 0) is 0 Å². The normalized spacial score (nSPS) is 11.5. The first kappa shape index (κ1) is 16.9. The third-order valence-electron chi connectivity index (χ3n) is 2.43. The zero-order valence-electron chi connectivity index (χ0n) is 10.1. The average molecular weight is 448 g/mol. The number of benzene rings is 2. The Morgan fingerprint density at radius 3 is 1.23 bits per heavy atom. The van der Waals surface area contributed by atoms with Crippen molar-refractivity contribution in [1.29, 1.82) is 0 Å². The van der Waals surface area contributed by atoms with Gasteiger partial charge in [-0.05, 0) is 31.9 Å². The topological polar surface area (TPSA) is 24.7 Å². The Labute approximate surface area is 136 Å². The molecule has 0 spiro atoms. The molecule has 22 heavy (non-hydrogen) atoms. The first-order valence-corrected chi connectivity index (χ1v) is 6.90. The van der Waals surface area contributed by atoms with E-state index < -0.39 is 55.2 Å². The molecule has 0 bridgehead atoms. The Morgan fingerprint density at radius 2 is 0.909 bits per heavy atom. The summed E-state index contributed by atoms with van der Waals surface area (Å²) < 4.78 is 78.1. The zero-order chi connectivity index (χ0) is 16.6. The maximum absolute atomic E-state index is 13.5. The Morgan fingerprint density at radius 1 is 0.591 bits per heavy atom. The molecule has 0 fully saturated rings. The molecule has 0 radical (unpaired) electrons. The van der Waals surface area contributed by atoms with Gasteiger partial charge in [0.1, 0.15) is 11.4 Å². The average Bonchev–Trinajstić information content (AvgIpc) is 2.45. The van der Waals surface area contributed by atoms with Crippen LogP contribution < -0.4 is 0 Å². The first-order chi connectivity index (χ1) is 10.2. The van der Waals surface area contributed by atoms with E-state index in [1.807, 2.05) is 0 Å². The molecule has 0 saturated heterocycles. The minimum absolute atomic E-state index is 0.213. The van der Waals surface area contributed by atoms with Gasteiger partial charge in [0.25, 0.3) is 0 Å². The lowest BCUT2D eigenvalue weighted by atomic mass is 10.3. The van der Waals surface area contributed by atoms with Crippen molar-refractivity contribution >= 4 is 43.2 Å². The number of halogens is 8. The molecule has 2 rings (SSSR count). The maximum atomic E-state index is 13.5. The van der Waals surface area contributed by atoms with Crippen LogP contribution in [-0.4, -0.2) is 0 Å². The third-order valence-corrected chi connectivity index (χ3v) is 3.88. The van der Waals surface area contributed by atoms with Gasteiger partial charge in [0.05, 0.1) is 8.95 Å². The molecule has 0 amide bonds. The van der Waals surface area contributed by atoms with Crippen LogP contribution in [0.15, 0.2) is 31.3 Å². The molecule has 2 aromatic carbocycles. The fourth-order valence-corrected chi connectivity index (χ4v) is 2.31. The lowest BCUT2D eigenvalue weighted by molar-refractivity contribution is 0.489. The van der Waals surface area contributed by atoms with Crippen molar-refractivity contribution in [3.63, 3.8) is 0 Å². The summed E-state index contributed by atoms with van der Waals surface area (Å²) in [6.45, 7) is 0. The van der Waals surface area contributed by atoms with Crippen LogP contribution >= 0.6 is 31.9 Å². The lowest BCUT2D eigenvalue weighted by Gasteiger charge is -2.04. The van der Waals surface area contributed by atoms with Gasteiger partial charge in [-0.3, -0.25) is 0 Å². The molecule has 0 saturated carbocycles. The first-order valence-electron chi connectivity index (χ1n) is 5.31. The van der Waals surface area contributed by atoms with Gasteiger partial charge in [-0.15, -0.1) is 10.2 Å². The molecule has 0 atom stereocenters. The summed E-state index contributed by atoms with van der Waals surface area (Å²) >= 11 is 5.14. The van der Waals surface area contributed by atoms with Crippen LogP contribution in [0.5, 0.6) is 0 Å². The number of hydrogen-bond donors (Lipinski definition) is 0. The van der Waals surface area contributed by atoms with Gasteiger partial charge in [0, 0.05) is 12.1 Å². The minimum Gasteiger partial charge on any atom is -0.204 e. The van der Waals surface area contributed by atoms with Gasteiger partial charge in [-0.2, -0.15) is 0 Å². The van der Waals surface area contributed by atoms with Crippen LogP contribution in [0, 0.1) is 34.9 Å². The standard InChI is InChI=1S/C12H2Br2F6N2/c13-7-9(19)3(15)1-5(17)11(7)21-22-12-6(18)2-4(16)10(20)8(12)14/h1-2H. The second-order valence-corrected chi connectivity index (χ2v) is 5.42. The molecule has 0 unspecified atom stereocenters. The second kappa shape index (κ2) is 6.37. The SMILES string of the molecule is Fc1cc(F)c(N=Nc2c(F)cc(F)c(F)c2Br)c(Br)c1F. The van der Waals surface area contributed by atoms with Gasteiger partial charge in [-0.1, -0.05) is 0 Å². The third kappa shape index (κ3) is 3.02. The quantitative estimate of drug-likeness (QED) is 0.218. The molecule has 0 aromatic heterocycles. The Balaban J connectivity index is 2.56. The van der Waals surface area contributed by atoms with Crippen LogP contribution in [0.25, 0.3) is 0 Å². The van der Waals surface area contributed by atoms with Crippen LogP contribution in [0.4, 0.5) is 37.7 Å². The predicted octanol–water partition coefficient (Wildman–Crippen LogP) is 6.46. The summed E-state index contributed by atoms with van der Waals surface area (Å²) in [4.78, 5) is 0. The van der Waals surface area contributed by atoms with Crippen molar-refractivity contribution in [2.24, 2.45) is 10.2 Å². The summed E-state index contributed by atoms with van der Waals surface area (Å²) in [5.41, 5.74) is -1.54. The van der Waals surface area contributed by atoms with Gasteiger partial charge in [0.15, 0.2) is 34.9 Å². The van der Waals surface area contributed by atoms with Crippen molar-refractivity contribution in [3.05, 3.63) is 56.0 Å². The van der Waals surface area contributed by atoms with Gasteiger partial charge in [-0.25, -0.2) is 26.3 Å². The highest BCUT2D eigenvalue weighted by Gasteiger charge is 2.19. The van der Waals surface area contributed by atoms with E-state index >= 15 is 0 Å². The second-order valence-electron chi connectivity index (χ2n) is 3.83. The highest BCUT2D eigenvalue weighted by molar-refractivity contribution is 9.11. The molecule has 0 aliphatic heterocycles. The van der Waals surface area contributed by atoms with E-state index in [1.165, 1.54) is 0 Å². The van der Waals surface area contributed by atoms with Crippen molar-refractivity contribution in [3.8, 4) is 0 Å². The molecule has 2 nitrogen and oxygen atoms in total. The van der Waals surface area contributed by atoms with Gasteiger partial charge in [0.2, 0.25) is 0 Å². The Bertz CT molecular complexity index is 729. The van der Waals surface area contributed by atoms with Crippen molar-refractivity contribution in [2.45, 2.75) is 0 Å². The smallest absolute Gasteiger partial charge is 0.175 e. The monoisotopic (exact) mass is 446 g/mol. The Hall–Kier alpha value is -1.42. The zero-order valence-corrected chi connectivity index (χ0v) is 13.2. The summed E-state index contributed by atoms with van der Waals surface area (Å²) in [5.74, 6) is -8.37. The molecule has 2 aromatic rings. The highest BCUT2D eigenvalue weighted by atomic mass is 79.9. The Kier molecular flexibility index (Phi) is 4.90. The highest BCUT2D eigenvalue weighted by Crippen LogP contribution is 2.37. The number of azo groups is 1. The van der Waals surface area contributed by atoms with E-state index in [0.29, 0.717) is 0 Å². The fourth-order valence-electron chi connectivity index (χ4n) is 1.40. The molecule has 116 valence electrons. The van der Waals surface area contributed by atoms with Crippen LogP contribution in [0.3, 0.4) is 0 Å². The molecule has 10 heteroatoms. The summed E-state index contributed by atoms with van der Waals surface area (Å²) in [6.07, 6.45) is 0. The number of rotatable bonds is 2. The lowest BCUT2D eigenvalue weighted by Crippen LogP contribution is -1.91. The fraction of sp³-hybridized carbons (Fsp3) is 0. The van der Waals surface area contributed by atoms with Gasteiger partial charge >= 0.3 is 0 Å². The number of hydrogen-bond acceptors (Lipinski definition) is 2. The van der Waals surface area contributed by atoms with Gasteiger partial charge < -0.3 is 0 Å². The van der Waals surface area contributed by atoms with Crippen LogP contribution in [0.1, 0.15) is 0 Å². The summed E-state index contributed by atoms with van der Waals surface area (Å²) in [5, 5.41) is 6.41. The van der Waals surface area contributed by atoms with Crippen molar-refractivity contribution in [1.82, 2.24) is 0 Å². The largest absolute Gasteiger partial charge is 0.204 e. The summed E-state index contributed by atoms with van der Waals surface area (Å²) in [6, 6.07) is 0.427. The van der Waals surface area contributed by atoms with E-state index in [4.69, 9.17) is 0 Å². The molecule has 0 aliphatic carbocycles. The maximum Gasteiger partial charge on any atom is 0.175 e. The number of nitrogens with zero attached hydrogens (tertiary/aromatic N) is 2. The molecular formula is C12H2Br2F6N2. The molecule has 0 N–H and O–H groups in total. The van der Waals surface area contributed by atoms with E-state index in [-0.39, 0.29) is 12.1 Å².